The second-order valence-electron chi connectivity index (χ2n) is 5.67. The summed E-state index contributed by atoms with van der Waals surface area (Å²) in [5, 5.41) is 6.77. The lowest BCUT2D eigenvalue weighted by molar-refractivity contribution is 0.0939. The standard InChI is InChI=1S/C18H16F2N4O/c1-12(8-15-16(19)6-3-7-17(15)20)23-18(25)13-4-2-5-14(9-13)24-11-21-10-22-24/h2-7,9-12H,8H2,1H3,(H,23,25). The molecule has 1 N–H and O–H groups in total. The van der Waals surface area contributed by atoms with Crippen molar-refractivity contribution in [3.05, 3.63) is 77.9 Å². The monoisotopic (exact) mass is 342 g/mol. The molecule has 3 aromatic rings. The number of carbonyl (C=O) groups excluding carboxylic acids is 1. The Morgan fingerprint density at radius 1 is 1.20 bits per heavy atom. The smallest absolute Gasteiger partial charge is 0.251 e. The molecule has 25 heavy (non-hydrogen) atoms. The Morgan fingerprint density at radius 3 is 2.60 bits per heavy atom. The zero-order valence-corrected chi connectivity index (χ0v) is 13.5. The first-order valence-corrected chi connectivity index (χ1v) is 7.73. The minimum atomic E-state index is -0.616. The molecule has 0 bridgehead atoms. The number of nitrogens with one attached hydrogen (secondary N) is 1. The number of benzene rings is 2. The Morgan fingerprint density at radius 2 is 1.92 bits per heavy atom. The van der Waals surface area contributed by atoms with Crippen molar-refractivity contribution >= 4 is 5.91 Å². The van der Waals surface area contributed by atoms with Crippen LogP contribution in [0.2, 0.25) is 0 Å². The van der Waals surface area contributed by atoms with Crippen LogP contribution in [0.25, 0.3) is 5.69 Å². The van der Waals surface area contributed by atoms with Crippen LogP contribution in [0.4, 0.5) is 8.78 Å². The third kappa shape index (κ3) is 3.88. The van der Waals surface area contributed by atoms with Crippen LogP contribution in [0.3, 0.4) is 0 Å². The molecule has 1 atom stereocenters. The number of rotatable bonds is 5. The number of aromatic nitrogens is 3. The van der Waals surface area contributed by atoms with E-state index in [1.54, 1.807) is 31.2 Å². The van der Waals surface area contributed by atoms with Crippen LogP contribution in [0.5, 0.6) is 0 Å². The van der Waals surface area contributed by atoms with Crippen molar-refractivity contribution in [2.75, 3.05) is 0 Å². The lowest BCUT2D eigenvalue weighted by atomic mass is 10.1. The summed E-state index contributed by atoms with van der Waals surface area (Å²) in [5.41, 5.74) is 1.08. The maximum atomic E-state index is 13.7. The number of amides is 1. The maximum absolute atomic E-state index is 13.7. The van der Waals surface area contributed by atoms with Crippen molar-refractivity contribution in [1.29, 1.82) is 0 Å². The lowest BCUT2D eigenvalue weighted by Gasteiger charge is -2.15. The van der Waals surface area contributed by atoms with E-state index >= 15 is 0 Å². The van der Waals surface area contributed by atoms with Gasteiger partial charge in [-0.15, -0.1) is 0 Å². The highest BCUT2D eigenvalue weighted by molar-refractivity contribution is 5.94. The van der Waals surface area contributed by atoms with Crippen molar-refractivity contribution < 1.29 is 13.6 Å². The number of nitrogens with zero attached hydrogens (tertiary/aromatic N) is 3. The summed E-state index contributed by atoms with van der Waals surface area (Å²) in [6.07, 6.45) is 2.99. The summed E-state index contributed by atoms with van der Waals surface area (Å²) >= 11 is 0. The molecule has 0 aliphatic rings. The molecule has 1 amide bonds. The van der Waals surface area contributed by atoms with E-state index in [0.717, 1.165) is 0 Å². The van der Waals surface area contributed by atoms with Gasteiger partial charge in [-0.25, -0.2) is 18.4 Å². The van der Waals surface area contributed by atoms with Crippen LogP contribution in [0.1, 0.15) is 22.8 Å². The molecule has 0 saturated carbocycles. The summed E-state index contributed by atoms with van der Waals surface area (Å²) in [7, 11) is 0. The first kappa shape index (κ1) is 16.8. The van der Waals surface area contributed by atoms with Crippen molar-refractivity contribution in [3.8, 4) is 5.69 Å². The minimum Gasteiger partial charge on any atom is -0.349 e. The van der Waals surface area contributed by atoms with Gasteiger partial charge in [-0.2, -0.15) is 5.10 Å². The first-order chi connectivity index (χ1) is 12.0. The Balaban J connectivity index is 1.71. The lowest BCUT2D eigenvalue weighted by Crippen LogP contribution is -2.34. The molecular formula is C18H16F2N4O. The minimum absolute atomic E-state index is 0.0355. The molecule has 0 aliphatic heterocycles. The van der Waals surface area contributed by atoms with Crippen LogP contribution < -0.4 is 5.32 Å². The summed E-state index contributed by atoms with van der Waals surface area (Å²) in [6, 6.07) is 10.1. The second kappa shape index (κ2) is 7.21. The molecular weight excluding hydrogens is 326 g/mol. The maximum Gasteiger partial charge on any atom is 0.251 e. The van der Waals surface area contributed by atoms with E-state index in [4.69, 9.17) is 0 Å². The number of halogens is 2. The third-order valence-corrected chi connectivity index (χ3v) is 3.74. The predicted molar refractivity (Wildman–Crippen MR) is 88.3 cm³/mol. The normalized spacial score (nSPS) is 12.0. The SMILES string of the molecule is CC(Cc1c(F)cccc1F)NC(=O)c1cccc(-n2cncn2)c1. The van der Waals surface area contributed by atoms with Gasteiger partial charge < -0.3 is 5.32 Å². The van der Waals surface area contributed by atoms with Crippen LogP contribution in [-0.4, -0.2) is 26.7 Å². The molecule has 7 heteroatoms. The Labute approximate surface area is 143 Å². The van der Waals surface area contributed by atoms with E-state index < -0.39 is 17.7 Å². The highest BCUT2D eigenvalue weighted by Gasteiger charge is 2.15. The largest absolute Gasteiger partial charge is 0.349 e. The molecule has 0 aliphatic carbocycles. The summed E-state index contributed by atoms with van der Waals surface area (Å²) in [5.74, 6) is -1.56. The van der Waals surface area contributed by atoms with Gasteiger partial charge in [0.2, 0.25) is 0 Å². The van der Waals surface area contributed by atoms with Crippen LogP contribution in [-0.2, 0) is 6.42 Å². The fraction of sp³-hybridized carbons (Fsp3) is 0.167. The Hall–Kier alpha value is -3.09. The van der Waals surface area contributed by atoms with Gasteiger partial charge in [0.05, 0.1) is 5.69 Å². The van der Waals surface area contributed by atoms with Gasteiger partial charge in [-0.05, 0) is 43.7 Å². The van der Waals surface area contributed by atoms with Crippen molar-refractivity contribution in [3.63, 3.8) is 0 Å². The van der Waals surface area contributed by atoms with E-state index in [9.17, 15) is 13.6 Å². The fourth-order valence-corrected chi connectivity index (χ4v) is 2.52. The molecule has 0 saturated heterocycles. The summed E-state index contributed by atoms with van der Waals surface area (Å²) < 4.78 is 29.0. The van der Waals surface area contributed by atoms with Crippen LogP contribution >= 0.6 is 0 Å². The van der Waals surface area contributed by atoms with E-state index in [2.05, 4.69) is 15.4 Å². The van der Waals surface area contributed by atoms with Crippen LogP contribution in [0.15, 0.2) is 55.1 Å². The van der Waals surface area contributed by atoms with Gasteiger partial charge in [-0.1, -0.05) is 12.1 Å². The molecule has 0 fully saturated rings. The molecule has 0 radical (unpaired) electrons. The molecule has 1 aromatic heterocycles. The van der Waals surface area contributed by atoms with Crippen molar-refractivity contribution in [2.24, 2.45) is 0 Å². The van der Waals surface area contributed by atoms with Gasteiger partial charge in [-0.3, -0.25) is 4.79 Å². The van der Waals surface area contributed by atoms with Gasteiger partial charge in [0, 0.05) is 17.2 Å². The zero-order chi connectivity index (χ0) is 17.8. The highest BCUT2D eigenvalue weighted by Crippen LogP contribution is 2.15. The first-order valence-electron chi connectivity index (χ1n) is 7.73. The van der Waals surface area contributed by atoms with E-state index in [1.807, 2.05) is 0 Å². The van der Waals surface area contributed by atoms with E-state index in [0.29, 0.717) is 11.3 Å². The number of carbonyl (C=O) groups is 1. The van der Waals surface area contributed by atoms with Crippen molar-refractivity contribution in [1.82, 2.24) is 20.1 Å². The van der Waals surface area contributed by atoms with E-state index in [1.165, 1.54) is 35.5 Å². The van der Waals surface area contributed by atoms with Crippen LogP contribution in [0, 0.1) is 11.6 Å². The average molecular weight is 342 g/mol. The number of hydrogen-bond acceptors (Lipinski definition) is 3. The molecule has 0 spiro atoms. The Bertz CT molecular complexity index is 860. The molecule has 1 heterocycles. The van der Waals surface area contributed by atoms with Gasteiger partial charge in [0.1, 0.15) is 24.3 Å². The topological polar surface area (TPSA) is 59.8 Å². The zero-order valence-electron chi connectivity index (χ0n) is 13.5. The molecule has 5 nitrogen and oxygen atoms in total. The quantitative estimate of drug-likeness (QED) is 0.776. The summed E-state index contributed by atoms with van der Waals surface area (Å²) in [6.45, 7) is 1.70. The van der Waals surface area contributed by atoms with E-state index in [-0.39, 0.29) is 17.9 Å². The molecule has 128 valence electrons. The molecule has 1 unspecified atom stereocenters. The molecule has 3 rings (SSSR count). The molecule has 2 aromatic carbocycles. The number of hydrogen-bond donors (Lipinski definition) is 1. The van der Waals surface area contributed by atoms with Gasteiger partial charge in [0.25, 0.3) is 5.91 Å². The fourth-order valence-electron chi connectivity index (χ4n) is 2.52. The third-order valence-electron chi connectivity index (χ3n) is 3.74. The average Bonchev–Trinajstić information content (AvgIpc) is 3.13. The summed E-state index contributed by atoms with van der Waals surface area (Å²) in [4.78, 5) is 16.3. The van der Waals surface area contributed by atoms with Gasteiger partial charge in [0.15, 0.2) is 0 Å². The van der Waals surface area contributed by atoms with Crippen molar-refractivity contribution in [2.45, 2.75) is 19.4 Å². The Kier molecular flexibility index (Phi) is 4.83. The van der Waals surface area contributed by atoms with Gasteiger partial charge >= 0.3 is 0 Å². The second-order valence-corrected chi connectivity index (χ2v) is 5.67. The predicted octanol–water partition coefficient (Wildman–Crippen LogP) is 2.91. The highest BCUT2D eigenvalue weighted by atomic mass is 19.1.